The monoisotopic (exact) mass is 809 g/mol. The molecule has 12 nitrogen and oxygen atoms in total. The molecule has 7 saturated heterocycles. The summed E-state index contributed by atoms with van der Waals surface area (Å²) in [7, 11) is 0. The summed E-state index contributed by atoms with van der Waals surface area (Å²) in [6.45, 7) is 16.8. The average molecular weight is 810 g/mol. The lowest BCUT2D eigenvalue weighted by molar-refractivity contribution is -0.364. The number of hydrogen-bond donors (Lipinski definition) is 3. The Balaban J connectivity index is 0.819. The maximum Gasteiger partial charge on any atom is 0.303 e. The second-order valence-electron chi connectivity index (χ2n) is 19.8. The molecule has 18 atom stereocenters. The van der Waals surface area contributed by atoms with E-state index in [1.807, 2.05) is 24.3 Å². The van der Waals surface area contributed by atoms with Crippen molar-refractivity contribution in [2.24, 2.45) is 29.6 Å². The van der Waals surface area contributed by atoms with Gasteiger partial charge in [-0.1, -0.05) is 59.4 Å². The molecule has 7 fully saturated rings. The minimum Gasteiger partial charge on any atom is -0.488 e. The number of ether oxygens (including phenoxy) is 8. The van der Waals surface area contributed by atoms with Gasteiger partial charge < -0.3 is 48.1 Å². The van der Waals surface area contributed by atoms with Gasteiger partial charge in [-0.3, -0.25) is 10.1 Å². The highest BCUT2D eigenvalue weighted by atomic mass is 16.8. The van der Waals surface area contributed by atoms with E-state index in [0.717, 1.165) is 50.6 Å². The van der Waals surface area contributed by atoms with E-state index in [9.17, 15) is 9.90 Å². The molecule has 0 amide bonds. The zero-order chi connectivity index (χ0) is 40.6. The third-order valence-electron chi connectivity index (χ3n) is 15.0. The summed E-state index contributed by atoms with van der Waals surface area (Å²) < 4.78 is 54.1. The van der Waals surface area contributed by atoms with Gasteiger partial charge in [0.1, 0.15) is 29.8 Å². The first-order valence-corrected chi connectivity index (χ1v) is 22.5. The Kier molecular flexibility index (Phi) is 11.1. The van der Waals surface area contributed by atoms with Crippen molar-refractivity contribution < 1.29 is 52.9 Å². The number of carboxylic acid groups (broad SMARTS) is 1. The van der Waals surface area contributed by atoms with E-state index in [2.05, 4.69) is 52.6 Å². The van der Waals surface area contributed by atoms with Gasteiger partial charge in [-0.05, 0) is 74.0 Å². The van der Waals surface area contributed by atoms with Gasteiger partial charge in [0.05, 0.1) is 36.6 Å². The largest absolute Gasteiger partial charge is 0.488 e. The predicted molar refractivity (Wildman–Crippen MR) is 213 cm³/mol. The fraction of sp³-hybridized carbons (Fsp3) is 0.804. The molecule has 3 spiro atoms. The van der Waals surface area contributed by atoms with Crippen LogP contribution < -0.4 is 5.32 Å². The predicted octanol–water partition coefficient (Wildman–Crippen LogP) is 6.82. The van der Waals surface area contributed by atoms with Gasteiger partial charge in [0, 0.05) is 63.3 Å². The summed E-state index contributed by atoms with van der Waals surface area (Å²) in [5.74, 6) is -1.14. The number of hydrogen-bond acceptors (Lipinski definition) is 11. The van der Waals surface area contributed by atoms with Crippen LogP contribution in [-0.2, 0) is 42.7 Å². The Morgan fingerprint density at radius 3 is 2.57 bits per heavy atom. The molecule has 3 N–H and O–H groups in total. The SMILES string of the molecule is C=C(C[C@@]12C[C@@H](C)C[C@@H](O1)[C@H]1O[C@]3(C[C@H]1O2)NC[C@H](C)C[C@@H]3C)[C@H]1OC([C@H](O)[C@@H]2C[C@H]3O[C@@]4(CC[C@]5(C=CC[C@@H](/C=C/CCC(=O)O)O5)O4)[C@H](C)C[C@H]3O2)=CC[C@@H]1C. The normalized spacial score (nSPS) is 50.2. The minimum atomic E-state index is -0.947. The van der Waals surface area contributed by atoms with Crippen molar-refractivity contribution in [3.8, 4) is 0 Å². The first-order chi connectivity index (χ1) is 27.7. The highest BCUT2D eigenvalue weighted by Crippen LogP contribution is 2.55. The van der Waals surface area contributed by atoms with Crippen LogP contribution in [0.5, 0.6) is 0 Å². The van der Waals surface area contributed by atoms with Crippen molar-refractivity contribution in [2.75, 3.05) is 6.54 Å². The maximum atomic E-state index is 11.9. The highest BCUT2D eigenvalue weighted by molar-refractivity contribution is 5.66. The third-order valence-corrected chi connectivity index (χ3v) is 15.0. The quantitative estimate of drug-likeness (QED) is 0.211. The Bertz CT molecular complexity index is 1670. The number of allylic oxidation sites excluding steroid dienone is 2. The molecule has 9 rings (SSSR count). The van der Waals surface area contributed by atoms with Crippen LogP contribution in [0.25, 0.3) is 0 Å². The van der Waals surface area contributed by atoms with Gasteiger partial charge in [0.25, 0.3) is 0 Å². The summed E-state index contributed by atoms with van der Waals surface area (Å²) in [5, 5.41) is 24.6. The van der Waals surface area contributed by atoms with Crippen molar-refractivity contribution in [3.05, 3.63) is 48.3 Å². The van der Waals surface area contributed by atoms with Gasteiger partial charge in [-0.15, -0.1) is 0 Å². The zero-order valence-corrected chi connectivity index (χ0v) is 35.1. The van der Waals surface area contributed by atoms with Crippen molar-refractivity contribution in [3.63, 3.8) is 0 Å². The number of aliphatic carboxylic acids is 1. The van der Waals surface area contributed by atoms with E-state index in [-0.39, 0.29) is 66.7 Å². The Morgan fingerprint density at radius 1 is 0.931 bits per heavy atom. The van der Waals surface area contributed by atoms with E-state index in [1.165, 1.54) is 0 Å². The smallest absolute Gasteiger partial charge is 0.303 e. The van der Waals surface area contributed by atoms with Crippen LogP contribution in [0.15, 0.2) is 48.3 Å². The van der Waals surface area contributed by atoms with Crippen molar-refractivity contribution in [1.82, 2.24) is 5.32 Å². The first kappa shape index (κ1) is 41.2. The topological polar surface area (TPSA) is 143 Å². The van der Waals surface area contributed by atoms with Crippen LogP contribution in [0.3, 0.4) is 0 Å². The molecule has 322 valence electrons. The number of carboxylic acids is 1. The molecular weight excluding hydrogens is 743 g/mol. The Labute approximate surface area is 344 Å². The van der Waals surface area contributed by atoms with Gasteiger partial charge in [0.2, 0.25) is 0 Å². The summed E-state index contributed by atoms with van der Waals surface area (Å²) in [6, 6.07) is 0. The number of aliphatic hydroxyl groups is 1. The molecular formula is C46H67NO11. The first-order valence-electron chi connectivity index (χ1n) is 22.5. The number of carbonyl (C=O) groups is 1. The summed E-state index contributed by atoms with van der Waals surface area (Å²) in [4.78, 5) is 10.9. The van der Waals surface area contributed by atoms with E-state index >= 15 is 0 Å². The standard InChI is InChI=1S/C46H67NO11/c1-26-19-37-42-38(24-45(57-42)30(5)18-27(2)25-47-45)55-44(22-26,54-37)23-29(4)41-28(3)13-14-33(52-41)40(50)36-21-35-34(51-36)20-31(6)46(56-35)17-16-43(58-46)15-9-11-32(53-43)10-7-8-12-39(48)49/h7,9-10,14-15,26-28,30-32,34-38,40-42,47,50H,4,8,11-13,16-25H2,1-3,5-6H3,(H,48,49)/b10-7+/t26-,27+,28-,30-,31+,32+,34+,35+,36-,37+,38+,40-,41-,42+,43-,44-,45-,46+/m0/s1. The fourth-order valence-corrected chi connectivity index (χ4v) is 12.0. The molecule has 0 aromatic carbocycles. The second kappa shape index (κ2) is 15.6. The number of rotatable bonds is 9. The molecule has 0 aliphatic carbocycles. The molecule has 0 aromatic rings. The summed E-state index contributed by atoms with van der Waals surface area (Å²) in [6.07, 6.45) is 16.3. The van der Waals surface area contributed by atoms with Crippen LogP contribution in [0, 0.1) is 29.6 Å². The lowest BCUT2D eigenvalue weighted by atomic mass is 9.79. The van der Waals surface area contributed by atoms with Gasteiger partial charge in [0.15, 0.2) is 17.4 Å². The molecule has 9 aliphatic heterocycles. The Hall–Kier alpha value is -2.13. The molecule has 0 unspecified atom stereocenters. The molecule has 0 saturated carbocycles. The Morgan fingerprint density at radius 2 is 1.76 bits per heavy atom. The number of piperidine rings is 1. The lowest BCUT2D eigenvalue weighted by Crippen LogP contribution is -2.59. The molecule has 9 heterocycles. The fourth-order valence-electron chi connectivity index (χ4n) is 12.0. The van der Waals surface area contributed by atoms with Crippen molar-refractivity contribution in [2.45, 2.75) is 196 Å². The number of fused-ring (bicyclic) bond motifs is 5. The number of aliphatic hydroxyl groups excluding tert-OH is 1. The van der Waals surface area contributed by atoms with E-state index in [1.54, 1.807) is 0 Å². The average Bonchev–Trinajstić information content (AvgIpc) is 3.86. The van der Waals surface area contributed by atoms with Crippen molar-refractivity contribution in [1.29, 1.82) is 0 Å². The molecule has 12 heteroatoms. The van der Waals surface area contributed by atoms with Crippen LogP contribution in [0.2, 0.25) is 0 Å². The zero-order valence-electron chi connectivity index (χ0n) is 35.1. The lowest BCUT2D eigenvalue weighted by Gasteiger charge is -2.52. The summed E-state index contributed by atoms with van der Waals surface area (Å²) >= 11 is 0. The van der Waals surface area contributed by atoms with Gasteiger partial charge in [-0.2, -0.15) is 0 Å². The second-order valence-corrected chi connectivity index (χ2v) is 19.8. The van der Waals surface area contributed by atoms with Crippen LogP contribution >= 0.6 is 0 Å². The van der Waals surface area contributed by atoms with E-state index in [4.69, 9.17) is 43.0 Å². The van der Waals surface area contributed by atoms with Gasteiger partial charge in [-0.25, -0.2) is 0 Å². The molecule has 2 bridgehead atoms. The van der Waals surface area contributed by atoms with E-state index < -0.39 is 35.5 Å². The third kappa shape index (κ3) is 7.70. The van der Waals surface area contributed by atoms with E-state index in [0.29, 0.717) is 62.0 Å². The highest BCUT2D eigenvalue weighted by Gasteiger charge is 2.63. The van der Waals surface area contributed by atoms with Crippen LogP contribution in [0.4, 0.5) is 0 Å². The van der Waals surface area contributed by atoms with Crippen LogP contribution in [-0.4, -0.2) is 101 Å². The number of nitrogens with one attached hydrogen (secondary N) is 1. The molecule has 9 aliphatic rings. The maximum absolute atomic E-state index is 11.9. The molecule has 0 radical (unpaired) electrons. The van der Waals surface area contributed by atoms with Crippen LogP contribution in [0.1, 0.15) is 118 Å². The molecule has 0 aromatic heterocycles. The van der Waals surface area contributed by atoms with Crippen molar-refractivity contribution >= 4 is 5.97 Å². The minimum absolute atomic E-state index is 0.0279. The summed E-state index contributed by atoms with van der Waals surface area (Å²) in [5.41, 5.74) is 0.554. The van der Waals surface area contributed by atoms with Gasteiger partial charge >= 0.3 is 5.97 Å². The molecule has 58 heavy (non-hydrogen) atoms.